The molecule has 9 heteroatoms. The van der Waals surface area contributed by atoms with Crippen LogP contribution < -0.4 is 4.74 Å². The fraction of sp³-hybridized carbons (Fsp3) is 0.533. The first kappa shape index (κ1) is 39.9. The third-order valence-electron chi connectivity index (χ3n) is 13.2. The van der Waals surface area contributed by atoms with E-state index < -0.39 is 33.9 Å². The first-order chi connectivity index (χ1) is 26.0. The molecular formula is C45H57N2O7. The van der Waals surface area contributed by atoms with Crippen LogP contribution in [-0.4, -0.2) is 79.9 Å². The summed E-state index contributed by atoms with van der Waals surface area (Å²) in [6.07, 6.45) is 10.9. The lowest BCUT2D eigenvalue weighted by molar-refractivity contribution is -0.281. The van der Waals surface area contributed by atoms with Gasteiger partial charge in [-0.1, -0.05) is 75.4 Å². The number of hydrogen-bond donors (Lipinski definition) is 2. The summed E-state index contributed by atoms with van der Waals surface area (Å²) in [6.45, 7) is 9.76. The Morgan fingerprint density at radius 2 is 1.87 bits per heavy atom. The number of aliphatic hydroxyl groups is 2. The molecule has 4 aliphatic rings. The quantitative estimate of drug-likeness (QED) is 0.107. The maximum Gasteiger partial charge on any atom is 0.340 e. The molecule has 0 amide bonds. The number of nitrogens with zero attached hydrogens (tertiary/aromatic N) is 2. The topological polar surface area (TPSA) is 121 Å². The maximum atomic E-state index is 13.5. The molecule has 2 bridgehead atoms. The van der Waals surface area contributed by atoms with Crippen LogP contribution in [0.3, 0.4) is 0 Å². The third kappa shape index (κ3) is 6.44. The zero-order chi connectivity index (χ0) is 38.9. The van der Waals surface area contributed by atoms with Gasteiger partial charge in [-0.3, -0.25) is 4.90 Å². The molecule has 2 heterocycles. The molecule has 2 aliphatic carbocycles. The monoisotopic (exact) mass is 737 g/mol. The Bertz CT molecular complexity index is 1860. The van der Waals surface area contributed by atoms with Crippen LogP contribution in [0.2, 0.25) is 0 Å². The van der Waals surface area contributed by atoms with Crippen molar-refractivity contribution in [2.24, 2.45) is 11.3 Å². The third-order valence-corrected chi connectivity index (χ3v) is 13.2. The molecule has 2 N–H and O–H groups in total. The number of fused-ring (bicyclic) bond motifs is 4. The first-order valence-electron chi connectivity index (χ1n) is 19.5. The second-order valence-electron chi connectivity index (χ2n) is 15.8. The van der Waals surface area contributed by atoms with E-state index in [-0.39, 0.29) is 25.0 Å². The number of aliphatic hydroxyl groups excluding tert-OH is 1. The lowest BCUT2D eigenvalue weighted by atomic mass is 9.51. The fourth-order valence-corrected chi connectivity index (χ4v) is 10.6. The van der Waals surface area contributed by atoms with Crippen LogP contribution in [0.5, 0.6) is 5.75 Å². The van der Waals surface area contributed by atoms with Gasteiger partial charge in [-0.25, -0.2) is 14.6 Å². The molecule has 2 aromatic carbocycles. The van der Waals surface area contributed by atoms with Gasteiger partial charge in [-0.2, -0.15) is 5.26 Å². The minimum atomic E-state index is -2.14. The van der Waals surface area contributed by atoms with Crippen molar-refractivity contribution < 1.29 is 34.3 Å². The molecule has 289 valence electrons. The molecule has 9 nitrogen and oxygen atoms in total. The van der Waals surface area contributed by atoms with E-state index in [1.165, 1.54) is 25.4 Å². The van der Waals surface area contributed by atoms with Crippen LogP contribution in [-0.2, 0) is 30.1 Å². The van der Waals surface area contributed by atoms with E-state index in [1.54, 1.807) is 7.11 Å². The summed E-state index contributed by atoms with van der Waals surface area (Å²) in [7, 11) is 4.48. The van der Waals surface area contributed by atoms with Gasteiger partial charge in [-0.05, 0) is 103 Å². The van der Waals surface area contributed by atoms with Crippen molar-refractivity contribution in [1.29, 1.82) is 5.26 Å². The highest BCUT2D eigenvalue weighted by Gasteiger charge is 2.63. The Labute approximate surface area is 321 Å². The summed E-state index contributed by atoms with van der Waals surface area (Å²) in [6, 6.07) is 17.1. The number of carbonyl (C=O) groups is 1. The summed E-state index contributed by atoms with van der Waals surface area (Å²) >= 11 is 0. The van der Waals surface area contributed by atoms with Crippen LogP contribution in [0.15, 0.2) is 71.8 Å². The first-order valence-corrected chi connectivity index (χ1v) is 19.5. The van der Waals surface area contributed by atoms with Gasteiger partial charge in [-0.15, -0.1) is 0 Å². The van der Waals surface area contributed by atoms with E-state index in [4.69, 9.17) is 19.2 Å². The number of nitriles is 1. The van der Waals surface area contributed by atoms with E-state index >= 15 is 0 Å². The Kier molecular flexibility index (Phi) is 11.6. The van der Waals surface area contributed by atoms with Gasteiger partial charge in [0, 0.05) is 35.9 Å². The second kappa shape index (κ2) is 15.8. The highest BCUT2D eigenvalue weighted by molar-refractivity contribution is 5.84. The Balaban J connectivity index is 1.64. The average molecular weight is 738 g/mol. The minimum absolute atomic E-state index is 0.0156. The fourth-order valence-electron chi connectivity index (χ4n) is 10.6. The standard InChI is InChI=1S/C45H57N2O7/c1-8-19-42(10-3)27-43(11-4,28-45(50,40(42)48)41(49)52-6)33-16-17-39(51-5)37(23-33)44(29-54-53-7)24-30-21-31(9-2)38(25-46)47(26-30)20-18-35-34-15-13-12-14-32(34)22-36(35)44/h8,12-17,19,21-23,30,38,40,48,50H,9-11,18,20,24,26-29H2,1-7H3/b19-8-/t30-,38?,40?,42+,43+,44?,45?/m0/s1. The van der Waals surface area contributed by atoms with E-state index in [9.17, 15) is 20.3 Å². The largest absolute Gasteiger partial charge is 0.496 e. The molecule has 8 atom stereocenters. The van der Waals surface area contributed by atoms with Crippen LogP contribution in [0.25, 0.3) is 5.57 Å². The number of ether oxygens (including phenoxy) is 2. The maximum absolute atomic E-state index is 13.5. The van der Waals surface area contributed by atoms with Crippen molar-refractivity contribution in [2.45, 2.75) is 101 Å². The van der Waals surface area contributed by atoms with Crippen molar-refractivity contribution in [1.82, 2.24) is 4.90 Å². The molecular weight excluding hydrogens is 681 g/mol. The molecule has 1 radical (unpaired) electrons. The van der Waals surface area contributed by atoms with Gasteiger partial charge < -0.3 is 19.7 Å². The highest BCUT2D eigenvalue weighted by atomic mass is 17.2. The van der Waals surface area contributed by atoms with Crippen molar-refractivity contribution in [3.8, 4) is 11.8 Å². The van der Waals surface area contributed by atoms with E-state index in [0.29, 0.717) is 31.4 Å². The number of rotatable bonds is 11. The van der Waals surface area contributed by atoms with Crippen molar-refractivity contribution in [3.05, 3.63) is 101 Å². The number of hydrogen-bond acceptors (Lipinski definition) is 9. The predicted octanol–water partition coefficient (Wildman–Crippen LogP) is 7.16. The molecule has 0 saturated heterocycles. The van der Waals surface area contributed by atoms with Crippen LogP contribution >= 0.6 is 0 Å². The van der Waals surface area contributed by atoms with Crippen molar-refractivity contribution in [2.75, 3.05) is 41.0 Å². The summed E-state index contributed by atoms with van der Waals surface area (Å²) in [5.41, 5.74) is 3.08. The second-order valence-corrected chi connectivity index (χ2v) is 15.8. The van der Waals surface area contributed by atoms with E-state index in [0.717, 1.165) is 53.8 Å². The SMILES string of the molecule is C/C=C\[C@]1(CC)C[C@@](CC)(c2ccc(OC)c(C3(COOC)C[C@@H]4C=C(CC)C(C#N)N(CCC5=C3[CH]c3ccccc35)C4)c2)CC(O)(C(=O)OC)C1O. The van der Waals surface area contributed by atoms with Gasteiger partial charge in [0.25, 0.3) is 0 Å². The number of benzene rings is 2. The summed E-state index contributed by atoms with van der Waals surface area (Å²) in [5, 5.41) is 34.5. The molecule has 0 spiro atoms. The molecule has 1 saturated carbocycles. The summed E-state index contributed by atoms with van der Waals surface area (Å²) < 4.78 is 11.5. The van der Waals surface area contributed by atoms with Crippen molar-refractivity contribution in [3.63, 3.8) is 0 Å². The molecule has 1 fully saturated rings. The summed E-state index contributed by atoms with van der Waals surface area (Å²) in [5.74, 6) is -0.0650. The average Bonchev–Trinajstić information content (AvgIpc) is 3.59. The highest BCUT2D eigenvalue weighted by Crippen LogP contribution is 2.58. The van der Waals surface area contributed by atoms with Crippen molar-refractivity contribution >= 4 is 11.5 Å². The molecule has 54 heavy (non-hydrogen) atoms. The lowest BCUT2D eigenvalue weighted by Crippen LogP contribution is -2.65. The van der Waals surface area contributed by atoms with E-state index in [2.05, 4.69) is 73.7 Å². The van der Waals surface area contributed by atoms with Gasteiger partial charge >= 0.3 is 5.97 Å². The number of esters is 1. The zero-order valence-corrected chi connectivity index (χ0v) is 33.0. The Morgan fingerprint density at radius 3 is 2.52 bits per heavy atom. The van der Waals surface area contributed by atoms with Crippen LogP contribution in [0, 0.1) is 29.1 Å². The van der Waals surface area contributed by atoms with Gasteiger partial charge in [0.15, 0.2) is 5.60 Å². The Hall–Kier alpha value is -3.78. The molecule has 2 aliphatic heterocycles. The van der Waals surface area contributed by atoms with Crippen LogP contribution in [0.1, 0.15) is 94.9 Å². The normalized spacial score (nSPS) is 33.5. The number of methoxy groups -OCH3 is 2. The summed E-state index contributed by atoms with van der Waals surface area (Å²) in [4.78, 5) is 27.4. The number of allylic oxidation sites excluding steroid dienone is 1. The minimum Gasteiger partial charge on any atom is -0.496 e. The van der Waals surface area contributed by atoms with Gasteiger partial charge in [0.2, 0.25) is 0 Å². The van der Waals surface area contributed by atoms with Crippen LogP contribution in [0.4, 0.5) is 0 Å². The number of carbonyl (C=O) groups excluding carboxylic acids is 1. The molecule has 6 rings (SSSR count). The molecule has 2 aromatic rings. The lowest BCUT2D eigenvalue weighted by Gasteiger charge is -2.55. The van der Waals surface area contributed by atoms with E-state index in [1.807, 2.05) is 32.1 Å². The molecule has 0 aromatic heterocycles. The van der Waals surface area contributed by atoms with Gasteiger partial charge in [0.05, 0.1) is 34.0 Å². The molecule has 5 unspecified atom stereocenters. The zero-order valence-electron chi connectivity index (χ0n) is 33.0. The predicted molar refractivity (Wildman–Crippen MR) is 208 cm³/mol. The Morgan fingerprint density at radius 1 is 1.09 bits per heavy atom. The van der Waals surface area contributed by atoms with Gasteiger partial charge in [0.1, 0.15) is 17.9 Å². The smallest absolute Gasteiger partial charge is 0.340 e.